The molecule has 0 bridgehead atoms. The van der Waals surface area contributed by atoms with Crippen LogP contribution >= 0.6 is 0 Å². The van der Waals surface area contributed by atoms with Crippen LogP contribution in [0.25, 0.3) is 0 Å². The highest BCUT2D eigenvalue weighted by molar-refractivity contribution is 5.85. The zero-order valence-electron chi connectivity index (χ0n) is 15.1. The molecule has 0 spiro atoms. The first-order valence-corrected chi connectivity index (χ1v) is 8.57. The summed E-state index contributed by atoms with van der Waals surface area (Å²) >= 11 is 0. The van der Waals surface area contributed by atoms with Crippen molar-refractivity contribution in [2.24, 2.45) is 0 Å². The first-order valence-electron chi connectivity index (χ1n) is 8.57. The predicted octanol–water partition coefficient (Wildman–Crippen LogP) is 2.16. The molecule has 0 aromatic heterocycles. The molecule has 0 saturated heterocycles. The number of amides is 3. The number of aliphatic carboxylic acids is 1. The van der Waals surface area contributed by atoms with Gasteiger partial charge in [-0.05, 0) is 11.1 Å². The summed E-state index contributed by atoms with van der Waals surface area (Å²) in [7, 11) is 1.66. The number of benzene rings is 2. The molecule has 2 aromatic carbocycles. The molecule has 0 heterocycles. The van der Waals surface area contributed by atoms with E-state index < -0.39 is 17.9 Å². The Balaban J connectivity index is 1.77. The van der Waals surface area contributed by atoms with Gasteiger partial charge in [0, 0.05) is 26.6 Å². The molecule has 0 aliphatic carbocycles. The standard InChI is InChI=1S/C20H23N3O4/c1-23(14-15-8-4-2-5-9-15)20(27)21-13-12-17(24)22-18(19(25)26)16-10-6-3-7-11-16/h2-11,18H,12-14H2,1H3,(H,21,27)(H,22,24)(H,25,26). The molecule has 0 radical (unpaired) electrons. The Morgan fingerprint density at radius 2 is 1.59 bits per heavy atom. The quantitative estimate of drug-likeness (QED) is 0.664. The van der Waals surface area contributed by atoms with Crippen LogP contribution < -0.4 is 10.6 Å². The van der Waals surface area contributed by atoms with Gasteiger partial charge in [-0.15, -0.1) is 0 Å². The molecule has 1 atom stereocenters. The highest BCUT2D eigenvalue weighted by atomic mass is 16.4. The second-order valence-corrected chi connectivity index (χ2v) is 6.07. The second kappa shape index (κ2) is 9.96. The topological polar surface area (TPSA) is 98.7 Å². The number of carboxylic acids is 1. The van der Waals surface area contributed by atoms with Crippen LogP contribution in [0, 0.1) is 0 Å². The number of carbonyl (C=O) groups is 3. The van der Waals surface area contributed by atoms with Gasteiger partial charge in [-0.25, -0.2) is 9.59 Å². The molecule has 3 N–H and O–H groups in total. The van der Waals surface area contributed by atoms with Crippen LogP contribution in [0.2, 0.25) is 0 Å². The Morgan fingerprint density at radius 3 is 2.19 bits per heavy atom. The van der Waals surface area contributed by atoms with E-state index in [-0.39, 0.29) is 19.0 Å². The van der Waals surface area contributed by atoms with Gasteiger partial charge in [0.15, 0.2) is 6.04 Å². The van der Waals surface area contributed by atoms with Crippen LogP contribution in [0.5, 0.6) is 0 Å². The maximum Gasteiger partial charge on any atom is 0.330 e. The van der Waals surface area contributed by atoms with E-state index in [1.54, 1.807) is 37.4 Å². The van der Waals surface area contributed by atoms with Crippen molar-refractivity contribution >= 4 is 17.9 Å². The third-order valence-electron chi connectivity index (χ3n) is 3.92. The van der Waals surface area contributed by atoms with Crippen LogP contribution in [0.3, 0.4) is 0 Å². The first kappa shape index (κ1) is 20.0. The van der Waals surface area contributed by atoms with Gasteiger partial charge < -0.3 is 20.6 Å². The molecule has 0 aliphatic heterocycles. The minimum atomic E-state index is -1.14. The third kappa shape index (κ3) is 6.47. The van der Waals surface area contributed by atoms with Gasteiger partial charge in [0.2, 0.25) is 5.91 Å². The van der Waals surface area contributed by atoms with E-state index in [2.05, 4.69) is 10.6 Å². The van der Waals surface area contributed by atoms with E-state index in [0.717, 1.165) is 5.56 Å². The summed E-state index contributed by atoms with van der Waals surface area (Å²) in [4.78, 5) is 37.0. The lowest BCUT2D eigenvalue weighted by Crippen LogP contribution is -2.40. The highest BCUT2D eigenvalue weighted by Crippen LogP contribution is 2.12. The van der Waals surface area contributed by atoms with Crippen molar-refractivity contribution in [1.29, 1.82) is 0 Å². The maximum absolute atomic E-state index is 12.1. The van der Waals surface area contributed by atoms with E-state index >= 15 is 0 Å². The number of nitrogens with one attached hydrogen (secondary N) is 2. The van der Waals surface area contributed by atoms with E-state index in [4.69, 9.17) is 0 Å². The van der Waals surface area contributed by atoms with Crippen LogP contribution in [0.15, 0.2) is 60.7 Å². The van der Waals surface area contributed by atoms with Crippen molar-refractivity contribution in [3.63, 3.8) is 0 Å². The number of hydrogen-bond donors (Lipinski definition) is 3. The smallest absolute Gasteiger partial charge is 0.330 e. The molecule has 0 saturated carbocycles. The second-order valence-electron chi connectivity index (χ2n) is 6.07. The summed E-state index contributed by atoms with van der Waals surface area (Å²) in [6.45, 7) is 0.568. The van der Waals surface area contributed by atoms with Gasteiger partial charge in [0.1, 0.15) is 0 Å². The van der Waals surface area contributed by atoms with Crippen LogP contribution in [0.4, 0.5) is 4.79 Å². The molecular weight excluding hydrogens is 346 g/mol. The van der Waals surface area contributed by atoms with Crippen molar-refractivity contribution in [2.75, 3.05) is 13.6 Å². The van der Waals surface area contributed by atoms with Crippen molar-refractivity contribution in [3.05, 3.63) is 71.8 Å². The zero-order valence-corrected chi connectivity index (χ0v) is 15.1. The van der Waals surface area contributed by atoms with E-state index in [0.29, 0.717) is 12.1 Å². The molecule has 27 heavy (non-hydrogen) atoms. The average Bonchev–Trinajstić information content (AvgIpc) is 2.67. The predicted molar refractivity (Wildman–Crippen MR) is 101 cm³/mol. The Bertz CT molecular complexity index is 765. The summed E-state index contributed by atoms with van der Waals surface area (Å²) < 4.78 is 0. The SMILES string of the molecule is CN(Cc1ccccc1)C(=O)NCCC(=O)NC(C(=O)O)c1ccccc1. The monoisotopic (exact) mass is 369 g/mol. The summed E-state index contributed by atoms with van der Waals surface area (Å²) in [6.07, 6.45) is -0.0124. The number of carbonyl (C=O) groups excluding carboxylic acids is 2. The first-order chi connectivity index (χ1) is 13.0. The Labute approximate surface area is 158 Å². The summed E-state index contributed by atoms with van der Waals surface area (Å²) in [6, 6.07) is 16.6. The van der Waals surface area contributed by atoms with Crippen LogP contribution in [-0.2, 0) is 16.1 Å². The van der Waals surface area contributed by atoms with Gasteiger partial charge in [-0.2, -0.15) is 0 Å². The van der Waals surface area contributed by atoms with E-state index in [1.165, 1.54) is 4.90 Å². The van der Waals surface area contributed by atoms with Crippen molar-refractivity contribution in [1.82, 2.24) is 15.5 Å². The van der Waals surface area contributed by atoms with E-state index in [1.807, 2.05) is 30.3 Å². The Kier molecular flexibility index (Phi) is 7.37. The number of nitrogens with zero attached hydrogens (tertiary/aromatic N) is 1. The lowest BCUT2D eigenvalue weighted by molar-refractivity contribution is -0.142. The molecule has 1 unspecified atom stereocenters. The van der Waals surface area contributed by atoms with Gasteiger partial charge >= 0.3 is 12.0 Å². The van der Waals surface area contributed by atoms with Gasteiger partial charge in [0.25, 0.3) is 0 Å². The molecule has 3 amide bonds. The average molecular weight is 369 g/mol. The fourth-order valence-electron chi connectivity index (χ4n) is 2.51. The Morgan fingerprint density at radius 1 is 1.00 bits per heavy atom. The minimum Gasteiger partial charge on any atom is -0.479 e. The summed E-state index contributed by atoms with van der Waals surface area (Å²) in [5, 5.41) is 14.4. The fourth-order valence-corrected chi connectivity index (χ4v) is 2.51. The molecule has 7 nitrogen and oxygen atoms in total. The van der Waals surface area contributed by atoms with Crippen molar-refractivity contribution < 1.29 is 19.5 Å². The van der Waals surface area contributed by atoms with Gasteiger partial charge in [-0.3, -0.25) is 4.79 Å². The summed E-state index contributed by atoms with van der Waals surface area (Å²) in [5.74, 6) is -1.58. The molecule has 2 aromatic rings. The molecule has 142 valence electrons. The Hall–Kier alpha value is -3.35. The molecule has 7 heteroatoms. The normalized spacial score (nSPS) is 11.3. The third-order valence-corrected chi connectivity index (χ3v) is 3.92. The van der Waals surface area contributed by atoms with Gasteiger partial charge in [0.05, 0.1) is 0 Å². The van der Waals surface area contributed by atoms with E-state index in [9.17, 15) is 19.5 Å². The lowest BCUT2D eigenvalue weighted by atomic mass is 10.1. The molecule has 2 rings (SSSR count). The minimum absolute atomic E-state index is 0.0124. The van der Waals surface area contributed by atoms with Crippen LogP contribution in [-0.4, -0.2) is 41.5 Å². The summed E-state index contributed by atoms with van der Waals surface area (Å²) in [5.41, 5.74) is 1.49. The van der Waals surface area contributed by atoms with Crippen molar-refractivity contribution in [2.45, 2.75) is 19.0 Å². The lowest BCUT2D eigenvalue weighted by Gasteiger charge is -2.18. The molecule has 0 fully saturated rings. The number of carboxylic acid groups (broad SMARTS) is 1. The fraction of sp³-hybridized carbons (Fsp3) is 0.250. The van der Waals surface area contributed by atoms with Gasteiger partial charge in [-0.1, -0.05) is 60.7 Å². The highest BCUT2D eigenvalue weighted by Gasteiger charge is 2.21. The van der Waals surface area contributed by atoms with Crippen molar-refractivity contribution in [3.8, 4) is 0 Å². The van der Waals surface area contributed by atoms with Crippen LogP contribution in [0.1, 0.15) is 23.6 Å². The maximum atomic E-state index is 12.1. The largest absolute Gasteiger partial charge is 0.479 e. The number of urea groups is 1. The molecular formula is C20H23N3O4. The zero-order chi connectivity index (χ0) is 19.6. The molecule has 0 aliphatic rings. The number of hydrogen-bond acceptors (Lipinski definition) is 3. The number of rotatable bonds is 8.